The Bertz CT molecular complexity index is 486. The summed E-state index contributed by atoms with van der Waals surface area (Å²) >= 11 is 0. The van der Waals surface area contributed by atoms with Gasteiger partial charge in [0.25, 0.3) is 0 Å². The molecule has 120 valence electrons. The van der Waals surface area contributed by atoms with Crippen LogP contribution in [0, 0.1) is 0 Å². The molecule has 0 radical (unpaired) electrons. The van der Waals surface area contributed by atoms with E-state index in [1.807, 2.05) is 18.2 Å². The van der Waals surface area contributed by atoms with E-state index in [2.05, 4.69) is 10.6 Å². The van der Waals surface area contributed by atoms with Gasteiger partial charge in [-0.25, -0.2) is 4.79 Å². The highest BCUT2D eigenvalue weighted by Crippen LogP contribution is 2.15. The van der Waals surface area contributed by atoms with Crippen LogP contribution in [0.5, 0.6) is 0 Å². The van der Waals surface area contributed by atoms with Crippen molar-refractivity contribution in [3.05, 3.63) is 35.9 Å². The van der Waals surface area contributed by atoms with Crippen LogP contribution in [0.15, 0.2) is 30.3 Å². The SMILES string of the molecule is CCOC(=O)[C@H](NC(=O)CC1COCCN1)c1ccccc1. The number of hydrogen-bond donors (Lipinski definition) is 2. The van der Waals surface area contributed by atoms with Crippen LogP contribution in [0.2, 0.25) is 0 Å². The molecule has 0 aromatic heterocycles. The van der Waals surface area contributed by atoms with Gasteiger partial charge < -0.3 is 20.1 Å². The Morgan fingerprint density at radius 2 is 2.18 bits per heavy atom. The van der Waals surface area contributed by atoms with Gasteiger partial charge in [0.1, 0.15) is 0 Å². The highest BCUT2D eigenvalue weighted by Gasteiger charge is 2.25. The normalized spacial score (nSPS) is 19.2. The number of amides is 1. The molecule has 6 nitrogen and oxygen atoms in total. The lowest BCUT2D eigenvalue weighted by Crippen LogP contribution is -2.45. The Labute approximate surface area is 130 Å². The molecule has 1 heterocycles. The largest absolute Gasteiger partial charge is 0.464 e. The quantitative estimate of drug-likeness (QED) is 0.760. The summed E-state index contributed by atoms with van der Waals surface area (Å²) in [6.07, 6.45) is 0.267. The van der Waals surface area contributed by atoms with Gasteiger partial charge in [-0.1, -0.05) is 30.3 Å². The summed E-state index contributed by atoms with van der Waals surface area (Å²) in [5.74, 6) is -0.653. The summed E-state index contributed by atoms with van der Waals surface area (Å²) in [4.78, 5) is 24.3. The third-order valence-electron chi connectivity index (χ3n) is 3.39. The van der Waals surface area contributed by atoms with Gasteiger partial charge in [0, 0.05) is 19.0 Å². The molecule has 0 aliphatic carbocycles. The molecule has 1 unspecified atom stereocenters. The molecule has 1 aliphatic rings. The first-order valence-corrected chi connectivity index (χ1v) is 7.52. The maximum atomic E-state index is 12.2. The third kappa shape index (κ3) is 4.82. The predicted octanol–water partition coefficient (Wildman–Crippen LogP) is 0.786. The molecule has 1 aliphatic heterocycles. The maximum absolute atomic E-state index is 12.2. The van der Waals surface area contributed by atoms with Crippen LogP contribution in [0.25, 0.3) is 0 Å². The second-order valence-electron chi connectivity index (χ2n) is 5.09. The van der Waals surface area contributed by atoms with E-state index >= 15 is 0 Å². The van der Waals surface area contributed by atoms with Crippen molar-refractivity contribution in [2.45, 2.75) is 25.4 Å². The molecular weight excluding hydrogens is 284 g/mol. The molecule has 2 N–H and O–H groups in total. The fourth-order valence-corrected chi connectivity index (χ4v) is 2.34. The van der Waals surface area contributed by atoms with Gasteiger partial charge in [-0.3, -0.25) is 4.79 Å². The Balaban J connectivity index is 1.99. The molecule has 0 spiro atoms. The van der Waals surface area contributed by atoms with Gasteiger partial charge in [0.15, 0.2) is 6.04 Å². The van der Waals surface area contributed by atoms with E-state index in [0.717, 1.165) is 6.54 Å². The monoisotopic (exact) mass is 306 g/mol. The molecule has 22 heavy (non-hydrogen) atoms. The molecule has 6 heteroatoms. The molecule has 2 atom stereocenters. The lowest BCUT2D eigenvalue weighted by Gasteiger charge is -2.24. The number of hydrogen-bond acceptors (Lipinski definition) is 5. The molecule has 1 saturated heterocycles. The highest BCUT2D eigenvalue weighted by atomic mass is 16.5. The molecular formula is C16H22N2O4. The van der Waals surface area contributed by atoms with E-state index in [0.29, 0.717) is 18.8 Å². The molecule has 1 aromatic carbocycles. The second-order valence-corrected chi connectivity index (χ2v) is 5.09. The van der Waals surface area contributed by atoms with E-state index in [-0.39, 0.29) is 25.0 Å². The fourth-order valence-electron chi connectivity index (χ4n) is 2.34. The molecule has 1 fully saturated rings. The van der Waals surface area contributed by atoms with Crippen molar-refractivity contribution in [2.24, 2.45) is 0 Å². The minimum absolute atomic E-state index is 0.0210. The van der Waals surface area contributed by atoms with E-state index in [1.54, 1.807) is 19.1 Å². The maximum Gasteiger partial charge on any atom is 0.333 e. The lowest BCUT2D eigenvalue weighted by molar-refractivity contribution is -0.147. The zero-order valence-corrected chi connectivity index (χ0v) is 12.7. The zero-order valence-electron chi connectivity index (χ0n) is 12.7. The molecule has 1 amide bonds. The minimum Gasteiger partial charge on any atom is -0.464 e. The van der Waals surface area contributed by atoms with Crippen LogP contribution < -0.4 is 10.6 Å². The van der Waals surface area contributed by atoms with Gasteiger partial charge in [-0.2, -0.15) is 0 Å². The van der Waals surface area contributed by atoms with Gasteiger partial charge in [-0.05, 0) is 12.5 Å². The summed E-state index contributed by atoms with van der Waals surface area (Å²) in [6, 6.07) is 8.30. The van der Waals surface area contributed by atoms with E-state index in [4.69, 9.17) is 9.47 Å². The van der Waals surface area contributed by atoms with Crippen molar-refractivity contribution in [1.82, 2.24) is 10.6 Å². The fraction of sp³-hybridized carbons (Fsp3) is 0.500. The van der Waals surface area contributed by atoms with Gasteiger partial charge in [-0.15, -0.1) is 0 Å². The molecule has 1 aromatic rings. The topological polar surface area (TPSA) is 76.7 Å². The van der Waals surface area contributed by atoms with Crippen LogP contribution in [-0.4, -0.2) is 44.3 Å². The van der Waals surface area contributed by atoms with Gasteiger partial charge in [0.05, 0.1) is 19.8 Å². The number of carbonyl (C=O) groups is 2. The molecule has 2 rings (SSSR count). The molecule has 0 saturated carbocycles. The van der Waals surface area contributed by atoms with Crippen molar-refractivity contribution in [3.8, 4) is 0 Å². The van der Waals surface area contributed by atoms with E-state index in [1.165, 1.54) is 0 Å². The Hall–Kier alpha value is -1.92. The Kier molecular flexibility index (Phi) is 6.36. The first kappa shape index (κ1) is 16.5. The zero-order chi connectivity index (χ0) is 15.8. The van der Waals surface area contributed by atoms with Crippen LogP contribution in [0.4, 0.5) is 0 Å². The van der Waals surface area contributed by atoms with Crippen molar-refractivity contribution >= 4 is 11.9 Å². The van der Waals surface area contributed by atoms with Crippen LogP contribution in [-0.2, 0) is 19.1 Å². The van der Waals surface area contributed by atoms with Crippen molar-refractivity contribution in [1.29, 1.82) is 0 Å². The first-order valence-electron chi connectivity index (χ1n) is 7.52. The van der Waals surface area contributed by atoms with E-state index < -0.39 is 12.0 Å². The second kappa shape index (κ2) is 8.51. The highest BCUT2D eigenvalue weighted by molar-refractivity contribution is 5.85. The van der Waals surface area contributed by atoms with Crippen molar-refractivity contribution in [2.75, 3.05) is 26.4 Å². The number of morpholine rings is 1. The van der Waals surface area contributed by atoms with Gasteiger partial charge >= 0.3 is 5.97 Å². The summed E-state index contributed by atoms with van der Waals surface area (Å²) in [6.45, 7) is 3.91. The van der Waals surface area contributed by atoms with E-state index in [9.17, 15) is 9.59 Å². The average molecular weight is 306 g/mol. The predicted molar refractivity (Wildman–Crippen MR) is 81.2 cm³/mol. The minimum atomic E-state index is -0.779. The number of ether oxygens (including phenoxy) is 2. The smallest absolute Gasteiger partial charge is 0.333 e. The summed E-state index contributed by atoms with van der Waals surface area (Å²) in [5, 5.41) is 5.97. The van der Waals surface area contributed by atoms with Crippen molar-refractivity contribution < 1.29 is 19.1 Å². The molecule has 0 bridgehead atoms. The van der Waals surface area contributed by atoms with Gasteiger partial charge in [0.2, 0.25) is 5.91 Å². The summed E-state index contributed by atoms with van der Waals surface area (Å²) < 4.78 is 10.4. The number of rotatable bonds is 6. The average Bonchev–Trinajstić information content (AvgIpc) is 2.54. The Morgan fingerprint density at radius 1 is 1.41 bits per heavy atom. The number of benzene rings is 1. The number of carbonyl (C=O) groups excluding carboxylic acids is 2. The van der Waals surface area contributed by atoms with Crippen LogP contribution in [0.3, 0.4) is 0 Å². The number of nitrogens with one attached hydrogen (secondary N) is 2. The number of esters is 1. The van der Waals surface area contributed by atoms with Crippen LogP contribution in [0.1, 0.15) is 24.9 Å². The first-order chi connectivity index (χ1) is 10.7. The standard InChI is InChI=1S/C16H22N2O4/c1-2-22-16(20)15(12-6-4-3-5-7-12)18-14(19)10-13-11-21-9-8-17-13/h3-7,13,15,17H,2,8-11H2,1H3,(H,18,19)/t13?,15-/m1/s1. The lowest BCUT2D eigenvalue weighted by atomic mass is 10.1. The van der Waals surface area contributed by atoms with Crippen LogP contribution >= 0.6 is 0 Å². The third-order valence-corrected chi connectivity index (χ3v) is 3.39. The Morgan fingerprint density at radius 3 is 2.82 bits per heavy atom. The van der Waals surface area contributed by atoms with Crippen molar-refractivity contribution in [3.63, 3.8) is 0 Å². The summed E-state index contributed by atoms with van der Waals surface area (Å²) in [5.41, 5.74) is 0.710. The summed E-state index contributed by atoms with van der Waals surface area (Å²) in [7, 11) is 0.